The Morgan fingerprint density at radius 3 is 2.41 bits per heavy atom. The Labute approximate surface area is 243 Å². The van der Waals surface area contributed by atoms with Crippen LogP contribution in [0.5, 0.6) is 0 Å². The molecule has 7 rings (SSSR count). The summed E-state index contributed by atoms with van der Waals surface area (Å²) in [6.45, 7) is 7.43. The number of hydrogen-bond donors (Lipinski definition) is 1. The first kappa shape index (κ1) is 26.1. The number of rotatable bonds is 6. The molecule has 4 aromatic rings. The van der Waals surface area contributed by atoms with Gasteiger partial charge in [-0.05, 0) is 88.9 Å². The fourth-order valence-corrected chi connectivity index (χ4v) is 6.21. The topological polar surface area (TPSA) is 37.6 Å². The fraction of sp³-hybridized carbons (Fsp3) is 0.278. The SMILES string of the molecule is CC(C)(O)C(C)(C)O[B]C1=CCC2C(=C1)c1cc3c4ccccc4n(-c4ccccc4)c3cc1N2C1=CCCC=C1. The highest BCUT2D eigenvalue weighted by Crippen LogP contribution is 2.49. The zero-order chi connectivity index (χ0) is 28.4. The summed E-state index contributed by atoms with van der Waals surface area (Å²) < 4.78 is 8.56. The van der Waals surface area contributed by atoms with Gasteiger partial charge in [-0.1, -0.05) is 66.2 Å². The minimum atomic E-state index is -0.969. The van der Waals surface area contributed by atoms with Crippen molar-refractivity contribution in [2.24, 2.45) is 0 Å². The van der Waals surface area contributed by atoms with Crippen LogP contribution in [0.4, 0.5) is 5.69 Å². The summed E-state index contributed by atoms with van der Waals surface area (Å²) in [5.41, 5.74) is 8.07. The van der Waals surface area contributed by atoms with Gasteiger partial charge in [-0.15, -0.1) is 0 Å². The van der Waals surface area contributed by atoms with E-state index >= 15 is 0 Å². The molecule has 1 aliphatic heterocycles. The second-order valence-electron chi connectivity index (χ2n) is 12.4. The molecule has 0 saturated heterocycles. The van der Waals surface area contributed by atoms with E-state index in [1.54, 1.807) is 13.8 Å². The Morgan fingerprint density at radius 2 is 1.66 bits per heavy atom. The first-order valence-corrected chi connectivity index (χ1v) is 14.7. The van der Waals surface area contributed by atoms with Gasteiger partial charge in [0, 0.05) is 27.7 Å². The molecule has 1 N–H and O–H groups in total. The van der Waals surface area contributed by atoms with Crippen molar-refractivity contribution in [3.8, 4) is 5.69 Å². The monoisotopic (exact) mass is 539 g/mol. The first-order valence-electron chi connectivity index (χ1n) is 14.7. The molecule has 1 radical (unpaired) electrons. The number of aromatic nitrogens is 1. The Bertz CT molecular complexity index is 1780. The summed E-state index contributed by atoms with van der Waals surface area (Å²) in [5, 5.41) is 13.1. The van der Waals surface area contributed by atoms with Gasteiger partial charge in [0.05, 0.1) is 34.0 Å². The molecule has 0 amide bonds. The van der Waals surface area contributed by atoms with Crippen molar-refractivity contribution in [2.45, 2.75) is 64.2 Å². The fourth-order valence-electron chi connectivity index (χ4n) is 6.21. The van der Waals surface area contributed by atoms with Crippen LogP contribution in [0.15, 0.2) is 108 Å². The molecule has 1 atom stereocenters. The summed E-state index contributed by atoms with van der Waals surface area (Å²) in [6, 6.07) is 24.4. The van der Waals surface area contributed by atoms with Crippen LogP contribution in [-0.4, -0.2) is 34.4 Å². The highest BCUT2D eigenvalue weighted by molar-refractivity contribution is 6.40. The minimum absolute atomic E-state index is 0.224. The van der Waals surface area contributed by atoms with Crippen molar-refractivity contribution in [1.82, 2.24) is 4.57 Å². The van der Waals surface area contributed by atoms with Gasteiger partial charge in [-0.3, -0.25) is 0 Å². The predicted molar refractivity (Wildman–Crippen MR) is 171 cm³/mol. The summed E-state index contributed by atoms with van der Waals surface area (Å²) in [4.78, 5) is 2.54. The van der Waals surface area contributed by atoms with Gasteiger partial charge in [0.1, 0.15) is 0 Å². The molecule has 3 aromatic carbocycles. The van der Waals surface area contributed by atoms with Crippen LogP contribution in [0.25, 0.3) is 33.1 Å². The average molecular weight is 540 g/mol. The molecule has 0 saturated carbocycles. The number of aliphatic hydroxyl groups is 1. The third kappa shape index (κ3) is 4.30. The Balaban J connectivity index is 1.40. The van der Waals surface area contributed by atoms with Gasteiger partial charge in [-0.2, -0.15) is 0 Å². The lowest BCUT2D eigenvalue weighted by atomic mass is 9.77. The van der Waals surface area contributed by atoms with E-state index in [2.05, 4.69) is 107 Å². The molecule has 2 aliphatic carbocycles. The standard InChI is InChI=1S/C36H36BN2O2/c1-35(2,40)36(3,4)41-37-24-19-20-32-28(21-24)30-22-29-27-17-11-12-18-31(27)38(25-13-7-5-8-14-25)33(29)23-34(30)39(32)26-15-9-6-10-16-26/h5,7-9,11-19,21-23,32,40H,6,10,20H2,1-4H3. The van der Waals surface area contributed by atoms with Gasteiger partial charge in [0.25, 0.3) is 0 Å². The molecule has 41 heavy (non-hydrogen) atoms. The van der Waals surface area contributed by atoms with Crippen LogP contribution >= 0.6 is 0 Å². The van der Waals surface area contributed by atoms with Gasteiger partial charge < -0.3 is 19.2 Å². The lowest BCUT2D eigenvalue weighted by Crippen LogP contribution is -2.48. The molecule has 1 aromatic heterocycles. The molecular formula is C36H36BN2O2. The van der Waals surface area contributed by atoms with Gasteiger partial charge >= 0.3 is 7.48 Å². The van der Waals surface area contributed by atoms with E-state index in [1.807, 2.05) is 21.3 Å². The van der Waals surface area contributed by atoms with Crippen molar-refractivity contribution < 1.29 is 9.76 Å². The third-order valence-electron chi connectivity index (χ3n) is 9.16. The molecule has 0 fully saturated rings. The molecule has 2 heterocycles. The van der Waals surface area contributed by atoms with Crippen LogP contribution in [-0.2, 0) is 4.65 Å². The number of nitrogens with zero attached hydrogens (tertiary/aromatic N) is 2. The van der Waals surface area contributed by atoms with Crippen molar-refractivity contribution in [2.75, 3.05) is 4.90 Å². The van der Waals surface area contributed by atoms with Crippen molar-refractivity contribution in [3.05, 3.63) is 114 Å². The van der Waals surface area contributed by atoms with Gasteiger partial charge in [0.15, 0.2) is 0 Å². The largest absolute Gasteiger partial charge is 0.427 e. The molecular weight excluding hydrogens is 503 g/mol. The molecule has 0 bridgehead atoms. The Hall–Kier alpha value is -3.80. The smallest absolute Gasteiger partial charge is 0.330 e. The van der Waals surface area contributed by atoms with E-state index in [0.29, 0.717) is 0 Å². The zero-order valence-electron chi connectivity index (χ0n) is 24.3. The van der Waals surface area contributed by atoms with Crippen LogP contribution in [0, 0.1) is 0 Å². The first-order chi connectivity index (χ1) is 19.7. The molecule has 205 valence electrons. The van der Waals surface area contributed by atoms with Crippen molar-refractivity contribution >= 4 is 40.5 Å². The molecule has 1 unspecified atom stereocenters. The summed E-state index contributed by atoms with van der Waals surface area (Å²) >= 11 is 0. The van der Waals surface area contributed by atoms with Crippen molar-refractivity contribution in [1.29, 1.82) is 0 Å². The maximum absolute atomic E-state index is 10.6. The van der Waals surface area contributed by atoms with Gasteiger partial charge in [-0.25, -0.2) is 0 Å². The highest BCUT2D eigenvalue weighted by atomic mass is 16.5. The van der Waals surface area contributed by atoms with E-state index in [1.165, 1.54) is 50.0 Å². The third-order valence-corrected chi connectivity index (χ3v) is 9.16. The molecule has 0 spiro atoms. The second-order valence-corrected chi connectivity index (χ2v) is 12.4. The van der Waals surface area contributed by atoms with Gasteiger partial charge in [0.2, 0.25) is 0 Å². The van der Waals surface area contributed by atoms with E-state index in [9.17, 15) is 5.11 Å². The summed E-state index contributed by atoms with van der Waals surface area (Å²) in [6.07, 6.45) is 14.5. The van der Waals surface area contributed by atoms with Crippen LogP contribution in [0.2, 0.25) is 0 Å². The van der Waals surface area contributed by atoms with E-state index < -0.39 is 11.2 Å². The van der Waals surface area contributed by atoms with Crippen LogP contribution < -0.4 is 4.90 Å². The Kier molecular flexibility index (Phi) is 6.15. The lowest BCUT2D eigenvalue weighted by Gasteiger charge is -2.38. The molecule has 3 aliphatic rings. The van der Waals surface area contributed by atoms with Crippen molar-refractivity contribution in [3.63, 3.8) is 0 Å². The maximum atomic E-state index is 10.6. The maximum Gasteiger partial charge on any atom is 0.330 e. The minimum Gasteiger partial charge on any atom is -0.427 e. The number of allylic oxidation sites excluding steroid dienone is 5. The Morgan fingerprint density at radius 1 is 0.878 bits per heavy atom. The highest BCUT2D eigenvalue weighted by Gasteiger charge is 2.39. The van der Waals surface area contributed by atoms with Crippen LogP contribution in [0.3, 0.4) is 0 Å². The zero-order valence-corrected chi connectivity index (χ0v) is 24.3. The molecule has 5 heteroatoms. The molecule has 4 nitrogen and oxygen atoms in total. The number of para-hydroxylation sites is 2. The quantitative estimate of drug-likeness (QED) is 0.252. The average Bonchev–Trinajstić information content (AvgIpc) is 3.47. The number of benzene rings is 3. The second kappa shape index (κ2) is 9.65. The summed E-state index contributed by atoms with van der Waals surface area (Å²) in [7, 11) is 1.82. The lowest BCUT2D eigenvalue weighted by molar-refractivity contribution is -0.0896. The number of fused-ring (bicyclic) bond motifs is 6. The summed E-state index contributed by atoms with van der Waals surface area (Å²) in [5.74, 6) is 0. The van der Waals surface area contributed by atoms with E-state index in [4.69, 9.17) is 4.65 Å². The normalized spacial score (nSPS) is 18.7. The van der Waals surface area contributed by atoms with E-state index in [-0.39, 0.29) is 6.04 Å². The van der Waals surface area contributed by atoms with Crippen LogP contribution in [0.1, 0.15) is 52.5 Å². The van der Waals surface area contributed by atoms with E-state index in [0.717, 1.165) is 24.7 Å². The number of hydrogen-bond acceptors (Lipinski definition) is 3. The number of anilines is 1. The predicted octanol–water partition coefficient (Wildman–Crippen LogP) is 8.06.